The van der Waals surface area contributed by atoms with Crippen molar-refractivity contribution in [3.63, 3.8) is 0 Å². The van der Waals surface area contributed by atoms with Gasteiger partial charge in [0.15, 0.2) is 0 Å². The van der Waals surface area contributed by atoms with E-state index in [1.807, 2.05) is 0 Å². The predicted molar refractivity (Wildman–Crippen MR) is 104 cm³/mol. The Balaban J connectivity index is 2.12. The summed E-state index contributed by atoms with van der Waals surface area (Å²) in [4.78, 5) is 0. The smallest absolute Gasteiger partial charge is 0.0209 e. The van der Waals surface area contributed by atoms with Crippen molar-refractivity contribution in [3.05, 3.63) is 0 Å². The van der Waals surface area contributed by atoms with E-state index in [4.69, 9.17) is 0 Å². The van der Waals surface area contributed by atoms with Gasteiger partial charge in [0.25, 0.3) is 0 Å². The summed E-state index contributed by atoms with van der Waals surface area (Å²) < 4.78 is 0. The van der Waals surface area contributed by atoms with Crippen LogP contribution in [-0.2, 0) is 0 Å². The molecule has 0 aromatic heterocycles. The molecule has 0 amide bonds. The summed E-state index contributed by atoms with van der Waals surface area (Å²) in [6, 6.07) is 0. The zero-order valence-electron chi connectivity index (χ0n) is 17.5. The molecule has 0 spiro atoms. The molecule has 7 atom stereocenters. The van der Waals surface area contributed by atoms with Gasteiger partial charge in [0.05, 0.1) is 0 Å². The van der Waals surface area contributed by atoms with E-state index in [1.54, 1.807) is 0 Å². The summed E-state index contributed by atoms with van der Waals surface area (Å²) in [6.45, 7) is 19.9. The summed E-state index contributed by atoms with van der Waals surface area (Å²) in [6.07, 6.45) is 11.4. The number of fused-ring (bicyclic) bond motifs is 1. The zero-order valence-corrected chi connectivity index (χ0v) is 17.5. The van der Waals surface area contributed by atoms with Gasteiger partial charge in [-0.1, -0.05) is 81.1 Å². The van der Waals surface area contributed by atoms with Crippen molar-refractivity contribution < 1.29 is 0 Å². The van der Waals surface area contributed by atoms with Gasteiger partial charge in [-0.3, -0.25) is 0 Å². The zero-order chi connectivity index (χ0) is 17.5. The normalized spacial score (nSPS) is 40.7. The Morgan fingerprint density at radius 1 is 1.04 bits per heavy atom. The summed E-state index contributed by atoms with van der Waals surface area (Å²) >= 11 is 0. The van der Waals surface area contributed by atoms with Crippen molar-refractivity contribution in [3.8, 4) is 0 Å². The lowest BCUT2D eigenvalue weighted by Gasteiger charge is -2.53. The summed E-state index contributed by atoms with van der Waals surface area (Å²) in [5.41, 5.74) is 1.89. The van der Waals surface area contributed by atoms with Gasteiger partial charge >= 0.3 is 0 Å². The Hall–Kier alpha value is 0. The molecule has 0 N–H and O–H groups in total. The number of hydrogen-bond donors (Lipinski definition) is 0. The third-order valence-electron chi connectivity index (χ3n) is 9.09. The van der Waals surface area contributed by atoms with Crippen molar-refractivity contribution >= 4 is 0 Å². The molecule has 0 heterocycles. The van der Waals surface area contributed by atoms with E-state index in [-0.39, 0.29) is 0 Å². The van der Waals surface area contributed by atoms with Crippen LogP contribution >= 0.6 is 0 Å². The molecule has 2 rings (SSSR count). The minimum Gasteiger partial charge on any atom is -0.0654 e. The minimum absolute atomic E-state index is 0.593. The Bertz CT molecular complexity index is 399. The maximum absolute atomic E-state index is 2.66. The quantitative estimate of drug-likeness (QED) is 0.386. The highest BCUT2D eigenvalue weighted by molar-refractivity contribution is 5.25. The standard InChI is InChI=1S/C23H44/c1-9-13-23(12-4,18(6)11-3)16-21(7)15-20-19(22(20,21)8)14-17(5)10-2/h17-20H,9-16H2,1-8H3. The van der Waals surface area contributed by atoms with Crippen LogP contribution in [0.2, 0.25) is 0 Å². The molecule has 0 saturated heterocycles. The third kappa shape index (κ3) is 2.91. The van der Waals surface area contributed by atoms with Crippen molar-refractivity contribution in [2.45, 2.75) is 107 Å². The van der Waals surface area contributed by atoms with Crippen LogP contribution in [0.5, 0.6) is 0 Å². The highest BCUT2D eigenvalue weighted by Crippen LogP contribution is 2.84. The first kappa shape index (κ1) is 19.3. The van der Waals surface area contributed by atoms with E-state index in [0.717, 1.165) is 23.7 Å². The summed E-state index contributed by atoms with van der Waals surface area (Å²) in [5.74, 6) is 3.90. The van der Waals surface area contributed by atoms with Gasteiger partial charge in [-0.05, 0) is 65.6 Å². The molecule has 136 valence electrons. The largest absolute Gasteiger partial charge is 0.0654 e. The highest BCUT2D eigenvalue weighted by atomic mass is 14.8. The average molecular weight is 321 g/mol. The lowest BCUT2D eigenvalue weighted by molar-refractivity contribution is -0.0375. The maximum atomic E-state index is 2.66. The molecule has 23 heavy (non-hydrogen) atoms. The molecular weight excluding hydrogens is 276 g/mol. The second-order valence-corrected chi connectivity index (χ2v) is 9.96. The molecule has 2 saturated carbocycles. The van der Waals surface area contributed by atoms with Crippen LogP contribution in [0, 0.1) is 39.9 Å². The number of hydrogen-bond acceptors (Lipinski definition) is 0. The van der Waals surface area contributed by atoms with E-state index in [9.17, 15) is 0 Å². The highest BCUT2D eigenvalue weighted by Gasteiger charge is 2.77. The van der Waals surface area contributed by atoms with E-state index < -0.39 is 0 Å². The van der Waals surface area contributed by atoms with Crippen LogP contribution in [-0.4, -0.2) is 0 Å². The molecule has 0 heteroatoms. The van der Waals surface area contributed by atoms with Gasteiger partial charge < -0.3 is 0 Å². The van der Waals surface area contributed by atoms with Gasteiger partial charge in [-0.2, -0.15) is 0 Å². The minimum atomic E-state index is 0.593. The molecule has 7 unspecified atom stereocenters. The van der Waals surface area contributed by atoms with Gasteiger partial charge in [-0.25, -0.2) is 0 Å². The topological polar surface area (TPSA) is 0 Å². The van der Waals surface area contributed by atoms with Gasteiger partial charge in [0.2, 0.25) is 0 Å². The molecule has 0 radical (unpaired) electrons. The first-order chi connectivity index (χ1) is 10.7. The Kier molecular flexibility index (Phi) is 5.65. The average Bonchev–Trinajstić information content (AvgIpc) is 3.03. The van der Waals surface area contributed by atoms with Crippen molar-refractivity contribution in [2.24, 2.45) is 39.9 Å². The molecule has 2 aliphatic rings. The predicted octanol–water partition coefficient (Wildman–Crippen LogP) is 7.72. The van der Waals surface area contributed by atoms with Crippen molar-refractivity contribution in [1.82, 2.24) is 0 Å². The second-order valence-electron chi connectivity index (χ2n) is 9.96. The Morgan fingerprint density at radius 3 is 2.17 bits per heavy atom. The van der Waals surface area contributed by atoms with E-state index in [0.29, 0.717) is 16.2 Å². The van der Waals surface area contributed by atoms with Crippen LogP contribution in [0.1, 0.15) is 107 Å². The van der Waals surface area contributed by atoms with Gasteiger partial charge in [0.1, 0.15) is 0 Å². The molecule has 0 bridgehead atoms. The number of rotatable bonds is 10. The monoisotopic (exact) mass is 320 g/mol. The van der Waals surface area contributed by atoms with Gasteiger partial charge in [-0.15, -0.1) is 0 Å². The lowest BCUT2D eigenvalue weighted by atomic mass is 9.52. The molecule has 0 aromatic carbocycles. The van der Waals surface area contributed by atoms with Crippen molar-refractivity contribution in [1.29, 1.82) is 0 Å². The summed E-state index contributed by atoms with van der Waals surface area (Å²) in [5, 5.41) is 0. The first-order valence-electron chi connectivity index (χ1n) is 10.7. The Morgan fingerprint density at radius 2 is 1.70 bits per heavy atom. The van der Waals surface area contributed by atoms with Crippen LogP contribution in [0.15, 0.2) is 0 Å². The SMILES string of the molecule is CCCC(CC)(CC1(C)CC2C(CC(C)CC)C21C)C(C)CC. The van der Waals surface area contributed by atoms with Crippen LogP contribution in [0.25, 0.3) is 0 Å². The molecule has 0 aromatic rings. The fourth-order valence-electron chi connectivity index (χ4n) is 6.66. The van der Waals surface area contributed by atoms with Crippen LogP contribution in [0.4, 0.5) is 0 Å². The maximum Gasteiger partial charge on any atom is -0.0209 e. The van der Waals surface area contributed by atoms with E-state index in [1.165, 1.54) is 51.4 Å². The third-order valence-corrected chi connectivity index (χ3v) is 9.09. The van der Waals surface area contributed by atoms with Crippen LogP contribution < -0.4 is 0 Å². The second kappa shape index (κ2) is 6.72. The van der Waals surface area contributed by atoms with Gasteiger partial charge in [0, 0.05) is 0 Å². The Labute approximate surface area is 147 Å². The fourth-order valence-corrected chi connectivity index (χ4v) is 6.66. The van der Waals surface area contributed by atoms with Crippen LogP contribution in [0.3, 0.4) is 0 Å². The lowest BCUT2D eigenvalue weighted by Crippen LogP contribution is -2.44. The van der Waals surface area contributed by atoms with E-state index in [2.05, 4.69) is 55.4 Å². The summed E-state index contributed by atoms with van der Waals surface area (Å²) in [7, 11) is 0. The van der Waals surface area contributed by atoms with Crippen molar-refractivity contribution in [2.75, 3.05) is 0 Å². The first-order valence-corrected chi connectivity index (χ1v) is 10.7. The molecule has 2 fully saturated rings. The molecule has 2 aliphatic carbocycles. The molecular formula is C23H44. The fraction of sp³-hybridized carbons (Fsp3) is 1.00. The van der Waals surface area contributed by atoms with E-state index >= 15 is 0 Å². The molecule has 0 aliphatic heterocycles. The molecule has 0 nitrogen and oxygen atoms in total.